The van der Waals surface area contributed by atoms with Gasteiger partial charge in [0.2, 0.25) is 5.78 Å². The van der Waals surface area contributed by atoms with Gasteiger partial charge in [0.25, 0.3) is 5.91 Å². The number of carbonyl (C=O) groups excluding carboxylic acids is 2. The van der Waals surface area contributed by atoms with Gasteiger partial charge in [-0.2, -0.15) is 0 Å². The summed E-state index contributed by atoms with van der Waals surface area (Å²) in [6, 6.07) is 13.9. The van der Waals surface area contributed by atoms with Gasteiger partial charge in [-0.25, -0.2) is 0 Å². The molecular weight excluding hydrogens is 460 g/mol. The van der Waals surface area contributed by atoms with E-state index in [1.807, 2.05) is 56.3 Å². The van der Waals surface area contributed by atoms with Crippen LogP contribution in [0.2, 0.25) is 0 Å². The van der Waals surface area contributed by atoms with E-state index in [1.54, 1.807) is 11.0 Å². The molecule has 1 fully saturated rings. The van der Waals surface area contributed by atoms with Crippen LogP contribution in [0.3, 0.4) is 0 Å². The average molecular weight is 491 g/mol. The van der Waals surface area contributed by atoms with Gasteiger partial charge in [-0.3, -0.25) is 14.5 Å². The highest BCUT2D eigenvalue weighted by Crippen LogP contribution is 2.40. The van der Waals surface area contributed by atoms with Gasteiger partial charge in [0.1, 0.15) is 11.3 Å². The maximum atomic E-state index is 13.8. The number of aliphatic hydroxyl groups excluding tert-OH is 1. The third-order valence-electron chi connectivity index (χ3n) is 6.69. The first-order valence-corrected chi connectivity index (χ1v) is 12.3. The predicted molar refractivity (Wildman–Crippen MR) is 134 cm³/mol. The molecule has 2 aliphatic heterocycles. The topological polar surface area (TPSA) is 92.5 Å². The number of carbonyl (C=O) groups is 2. The molecule has 1 saturated heterocycles. The first-order valence-electron chi connectivity index (χ1n) is 12.3. The Balaban J connectivity index is 1.52. The van der Waals surface area contributed by atoms with Crippen molar-refractivity contribution >= 4 is 22.7 Å². The molecule has 188 valence electrons. The number of hydrogen-bond donors (Lipinski definition) is 1. The Morgan fingerprint density at radius 2 is 1.92 bits per heavy atom. The molecule has 2 aromatic carbocycles. The van der Waals surface area contributed by atoms with Gasteiger partial charge < -0.3 is 23.9 Å². The third-order valence-corrected chi connectivity index (χ3v) is 6.69. The van der Waals surface area contributed by atoms with Crippen LogP contribution >= 0.6 is 0 Å². The highest BCUT2D eigenvalue weighted by molar-refractivity contribution is 6.16. The molecule has 0 bridgehead atoms. The van der Waals surface area contributed by atoms with Crippen molar-refractivity contribution in [2.24, 2.45) is 0 Å². The number of fused-ring (bicyclic) bond motifs is 1. The molecule has 3 aromatic rings. The van der Waals surface area contributed by atoms with Crippen molar-refractivity contribution in [2.75, 3.05) is 46.0 Å². The van der Waals surface area contributed by atoms with Crippen LogP contribution in [0.5, 0.6) is 5.75 Å². The van der Waals surface area contributed by atoms with Crippen molar-refractivity contribution in [2.45, 2.75) is 19.9 Å². The van der Waals surface area contributed by atoms with Gasteiger partial charge in [0.05, 0.1) is 31.4 Å². The lowest BCUT2D eigenvalue weighted by atomic mass is 9.94. The van der Waals surface area contributed by atoms with E-state index in [0.29, 0.717) is 49.8 Å². The lowest BCUT2D eigenvalue weighted by Crippen LogP contribution is -2.43. The van der Waals surface area contributed by atoms with Gasteiger partial charge in [-0.05, 0) is 49.7 Å². The second kappa shape index (κ2) is 10.2. The van der Waals surface area contributed by atoms with Crippen molar-refractivity contribution in [3.05, 3.63) is 76.8 Å². The maximum absolute atomic E-state index is 13.8. The van der Waals surface area contributed by atoms with Crippen LogP contribution in [0.15, 0.2) is 64.3 Å². The number of ether oxygens (including phenoxy) is 2. The Bertz CT molecular complexity index is 1320. The Morgan fingerprint density at radius 1 is 1.11 bits per heavy atom. The van der Waals surface area contributed by atoms with E-state index >= 15 is 0 Å². The molecule has 1 unspecified atom stereocenters. The van der Waals surface area contributed by atoms with E-state index in [4.69, 9.17) is 13.9 Å². The number of ketones is 1. The monoisotopic (exact) mass is 490 g/mol. The van der Waals surface area contributed by atoms with Crippen molar-refractivity contribution in [3.63, 3.8) is 0 Å². The summed E-state index contributed by atoms with van der Waals surface area (Å²) < 4.78 is 16.9. The molecule has 8 nitrogen and oxygen atoms in total. The molecule has 0 saturated carbocycles. The minimum atomic E-state index is -0.763. The van der Waals surface area contributed by atoms with Crippen LogP contribution < -0.4 is 4.74 Å². The summed E-state index contributed by atoms with van der Waals surface area (Å²) in [5.74, 6) is -0.884. The lowest BCUT2D eigenvalue weighted by Gasteiger charge is -2.31. The number of aryl methyl sites for hydroxylation is 1. The number of morpholine rings is 1. The van der Waals surface area contributed by atoms with Crippen molar-refractivity contribution in [3.8, 4) is 5.75 Å². The van der Waals surface area contributed by atoms with Crippen LogP contribution in [-0.4, -0.2) is 72.6 Å². The van der Waals surface area contributed by atoms with E-state index in [1.165, 1.54) is 0 Å². The molecule has 0 radical (unpaired) electrons. The fraction of sp³-hybridized carbons (Fsp3) is 0.357. The average Bonchev–Trinajstić information content (AvgIpc) is 3.42. The van der Waals surface area contributed by atoms with Crippen LogP contribution in [0.4, 0.5) is 0 Å². The largest absolute Gasteiger partial charge is 0.503 e. The summed E-state index contributed by atoms with van der Waals surface area (Å²) in [5.41, 5.74) is 2.33. The molecule has 1 atom stereocenters. The zero-order valence-corrected chi connectivity index (χ0v) is 20.5. The smallest absolute Gasteiger partial charge is 0.290 e. The van der Waals surface area contributed by atoms with Gasteiger partial charge >= 0.3 is 0 Å². The van der Waals surface area contributed by atoms with E-state index in [-0.39, 0.29) is 11.3 Å². The minimum absolute atomic E-state index is 0.0198. The molecule has 1 amide bonds. The minimum Gasteiger partial charge on any atom is -0.503 e. The number of benzene rings is 2. The van der Waals surface area contributed by atoms with Gasteiger partial charge in [0, 0.05) is 31.6 Å². The number of furan rings is 1. The van der Waals surface area contributed by atoms with Gasteiger partial charge in [-0.1, -0.05) is 23.8 Å². The molecule has 0 aliphatic carbocycles. The fourth-order valence-electron chi connectivity index (χ4n) is 4.89. The summed E-state index contributed by atoms with van der Waals surface area (Å²) in [6.45, 7) is 8.14. The molecule has 1 N–H and O–H groups in total. The Labute approximate surface area is 209 Å². The first-order chi connectivity index (χ1) is 17.5. The normalized spacial score (nSPS) is 18.9. The molecule has 0 spiro atoms. The van der Waals surface area contributed by atoms with E-state index in [0.717, 1.165) is 24.0 Å². The number of nitrogens with zero attached hydrogens (tertiary/aromatic N) is 2. The number of hydrogen-bond acceptors (Lipinski definition) is 7. The Hall–Kier alpha value is -3.62. The van der Waals surface area contributed by atoms with Gasteiger partial charge in [-0.15, -0.1) is 0 Å². The van der Waals surface area contributed by atoms with Crippen molar-refractivity contribution < 1.29 is 28.6 Å². The Morgan fingerprint density at radius 3 is 2.69 bits per heavy atom. The molecule has 1 aromatic heterocycles. The molecule has 8 heteroatoms. The molecular formula is C28H30N2O6. The van der Waals surface area contributed by atoms with Crippen LogP contribution in [0, 0.1) is 6.92 Å². The summed E-state index contributed by atoms with van der Waals surface area (Å²) in [6.07, 6.45) is 0. The third kappa shape index (κ3) is 4.62. The van der Waals surface area contributed by atoms with Crippen LogP contribution in [0.1, 0.15) is 34.6 Å². The fourth-order valence-corrected chi connectivity index (χ4v) is 4.89. The van der Waals surface area contributed by atoms with Crippen LogP contribution in [-0.2, 0) is 9.53 Å². The predicted octanol–water partition coefficient (Wildman–Crippen LogP) is 4.05. The second-order valence-electron chi connectivity index (χ2n) is 9.10. The zero-order chi connectivity index (χ0) is 25.2. The highest BCUT2D eigenvalue weighted by Gasteiger charge is 2.44. The van der Waals surface area contributed by atoms with E-state index < -0.39 is 23.5 Å². The number of Topliss-reactive ketones (excluding diaryl/α,β-unsaturated/α-hetero) is 1. The molecule has 5 rings (SSSR count). The van der Waals surface area contributed by atoms with Crippen molar-refractivity contribution in [1.82, 2.24) is 9.80 Å². The highest BCUT2D eigenvalue weighted by atomic mass is 16.5. The molecule has 3 heterocycles. The summed E-state index contributed by atoms with van der Waals surface area (Å²) in [7, 11) is 0. The number of amides is 1. The summed E-state index contributed by atoms with van der Waals surface area (Å²) >= 11 is 0. The lowest BCUT2D eigenvalue weighted by molar-refractivity contribution is -0.129. The quantitative estimate of drug-likeness (QED) is 0.476. The Kier molecular flexibility index (Phi) is 6.80. The second-order valence-corrected chi connectivity index (χ2v) is 9.10. The van der Waals surface area contributed by atoms with E-state index in [2.05, 4.69) is 4.90 Å². The standard InChI is InChI=1S/C28H30N2O6/c1-3-35-21-6-4-5-19(16-21)25-24(26(31)23-17-20-15-18(2)7-8-22(20)36-23)27(32)28(33)30(25)10-9-29-11-13-34-14-12-29/h4-8,15-17,25,32H,3,9-14H2,1-2H3. The summed E-state index contributed by atoms with van der Waals surface area (Å²) in [4.78, 5) is 30.8. The van der Waals surface area contributed by atoms with Gasteiger partial charge in [0.15, 0.2) is 11.5 Å². The number of rotatable bonds is 8. The molecule has 2 aliphatic rings. The van der Waals surface area contributed by atoms with Crippen molar-refractivity contribution in [1.29, 1.82) is 0 Å². The summed E-state index contributed by atoms with van der Waals surface area (Å²) in [5, 5.41) is 11.8. The zero-order valence-electron chi connectivity index (χ0n) is 20.5. The first kappa shape index (κ1) is 24.1. The maximum Gasteiger partial charge on any atom is 0.290 e. The number of aliphatic hydroxyl groups is 1. The molecule has 36 heavy (non-hydrogen) atoms. The van der Waals surface area contributed by atoms with Crippen LogP contribution in [0.25, 0.3) is 11.0 Å². The van der Waals surface area contributed by atoms with E-state index in [9.17, 15) is 14.7 Å². The SMILES string of the molecule is CCOc1cccc(C2C(C(=O)c3cc4cc(C)ccc4o3)=C(O)C(=O)N2CCN2CCOCC2)c1.